The van der Waals surface area contributed by atoms with Crippen LogP contribution in [0.25, 0.3) is 0 Å². The van der Waals surface area contributed by atoms with E-state index in [0.29, 0.717) is 6.10 Å². The lowest BCUT2D eigenvalue weighted by atomic mass is 10.2. The molecule has 0 radical (unpaired) electrons. The van der Waals surface area contributed by atoms with Gasteiger partial charge in [-0.05, 0) is 23.8 Å². The minimum Gasteiger partial charge on any atom is -0.368 e. The molecule has 1 aromatic carbocycles. The maximum atomic E-state index is 5.18. The van der Waals surface area contributed by atoms with E-state index in [0.717, 1.165) is 15.6 Å². The number of rotatable bonds is 1. The van der Waals surface area contributed by atoms with E-state index in [-0.39, 0.29) is 0 Å². The van der Waals surface area contributed by atoms with Crippen molar-refractivity contribution in [3.63, 3.8) is 0 Å². The second-order valence-corrected chi connectivity index (χ2v) is 4.26. The van der Waals surface area contributed by atoms with Crippen molar-refractivity contribution in [3.05, 3.63) is 32.7 Å². The fourth-order valence-corrected chi connectivity index (χ4v) is 1.87. The Kier molecular flexibility index (Phi) is 2.04. The third kappa shape index (κ3) is 1.66. The number of hydrogen-bond donors (Lipinski definition) is 0. The number of epoxide rings is 1. The second kappa shape index (κ2) is 2.88. The molecule has 1 fully saturated rings. The number of hydrogen-bond acceptors (Lipinski definition) is 1. The second-order valence-electron chi connectivity index (χ2n) is 2.49. The largest absolute Gasteiger partial charge is 0.368 e. The summed E-state index contributed by atoms with van der Waals surface area (Å²) in [5.41, 5.74) is 1.24. The molecule has 1 heterocycles. The van der Waals surface area contributed by atoms with E-state index in [1.165, 1.54) is 5.56 Å². The molecule has 0 saturated carbocycles. The van der Waals surface area contributed by atoms with Crippen molar-refractivity contribution in [2.75, 3.05) is 6.61 Å². The molecule has 1 aromatic rings. The molecule has 0 aliphatic carbocycles. The lowest BCUT2D eigenvalue weighted by Gasteiger charge is -1.99. The van der Waals surface area contributed by atoms with Crippen LogP contribution in [0.5, 0.6) is 0 Å². The van der Waals surface area contributed by atoms with Crippen LogP contribution in [0.15, 0.2) is 27.1 Å². The van der Waals surface area contributed by atoms with E-state index >= 15 is 0 Å². The number of halogens is 2. The number of ether oxygens (including phenoxy) is 1. The molecule has 1 saturated heterocycles. The lowest BCUT2D eigenvalue weighted by Crippen LogP contribution is -1.82. The summed E-state index contributed by atoms with van der Waals surface area (Å²) in [6, 6.07) is 6.12. The predicted molar refractivity (Wildman–Crippen MR) is 50.5 cm³/mol. The zero-order valence-corrected chi connectivity index (χ0v) is 8.85. The highest BCUT2D eigenvalue weighted by atomic mass is 79.9. The average Bonchev–Trinajstić information content (AvgIpc) is 2.76. The van der Waals surface area contributed by atoms with Crippen LogP contribution in [0.3, 0.4) is 0 Å². The van der Waals surface area contributed by atoms with Crippen LogP contribution >= 0.6 is 31.9 Å². The van der Waals surface area contributed by atoms with Crippen molar-refractivity contribution < 1.29 is 4.74 Å². The van der Waals surface area contributed by atoms with Crippen LogP contribution in [0.4, 0.5) is 0 Å². The van der Waals surface area contributed by atoms with Crippen LogP contribution in [0, 0.1) is 0 Å². The first-order valence-corrected chi connectivity index (χ1v) is 4.92. The molecular weight excluding hydrogens is 272 g/mol. The molecule has 1 aliphatic heterocycles. The minimum atomic E-state index is 0.321. The summed E-state index contributed by atoms with van der Waals surface area (Å²) >= 11 is 6.89. The highest BCUT2D eigenvalue weighted by molar-refractivity contribution is 9.11. The number of benzene rings is 1. The van der Waals surface area contributed by atoms with Gasteiger partial charge >= 0.3 is 0 Å². The summed E-state index contributed by atoms with van der Waals surface area (Å²) in [6.07, 6.45) is 0.321. The summed E-state index contributed by atoms with van der Waals surface area (Å²) in [5.74, 6) is 0. The van der Waals surface area contributed by atoms with Crippen LogP contribution in [0.1, 0.15) is 11.7 Å². The Balaban J connectivity index is 2.42. The molecule has 2 rings (SSSR count). The van der Waals surface area contributed by atoms with Gasteiger partial charge in [0, 0.05) is 8.95 Å². The zero-order chi connectivity index (χ0) is 7.84. The maximum absolute atomic E-state index is 5.18. The van der Waals surface area contributed by atoms with Gasteiger partial charge in [0.2, 0.25) is 0 Å². The zero-order valence-electron chi connectivity index (χ0n) is 5.68. The molecule has 3 heteroatoms. The van der Waals surface area contributed by atoms with Gasteiger partial charge in [0.25, 0.3) is 0 Å². The molecule has 0 bridgehead atoms. The normalized spacial score (nSPS) is 21.8. The standard InChI is InChI=1S/C8H6Br2O/c9-5-1-2-7(10)6(3-5)8-4-11-8/h1-3,8H,4H2/t8-/m0/s1. The minimum absolute atomic E-state index is 0.321. The summed E-state index contributed by atoms with van der Waals surface area (Å²) in [6.45, 7) is 0.856. The van der Waals surface area contributed by atoms with Crippen molar-refractivity contribution in [2.45, 2.75) is 6.10 Å². The Morgan fingerprint density at radius 3 is 2.73 bits per heavy atom. The van der Waals surface area contributed by atoms with E-state index < -0.39 is 0 Å². The third-order valence-electron chi connectivity index (χ3n) is 1.64. The molecule has 11 heavy (non-hydrogen) atoms. The molecule has 0 amide bonds. The first-order valence-electron chi connectivity index (χ1n) is 3.34. The monoisotopic (exact) mass is 276 g/mol. The molecule has 0 unspecified atom stereocenters. The average molecular weight is 278 g/mol. The Labute approximate surface area is 82.0 Å². The Morgan fingerprint density at radius 1 is 1.36 bits per heavy atom. The van der Waals surface area contributed by atoms with Gasteiger partial charge in [-0.3, -0.25) is 0 Å². The molecule has 0 N–H and O–H groups in total. The molecule has 1 nitrogen and oxygen atoms in total. The van der Waals surface area contributed by atoms with Gasteiger partial charge < -0.3 is 4.74 Å². The van der Waals surface area contributed by atoms with Gasteiger partial charge in [0.05, 0.1) is 6.61 Å². The van der Waals surface area contributed by atoms with Gasteiger partial charge in [0.1, 0.15) is 6.10 Å². The van der Waals surface area contributed by atoms with Gasteiger partial charge in [-0.15, -0.1) is 0 Å². The smallest absolute Gasteiger partial charge is 0.107 e. The van der Waals surface area contributed by atoms with Crippen molar-refractivity contribution in [1.29, 1.82) is 0 Å². The Morgan fingerprint density at radius 2 is 2.09 bits per heavy atom. The van der Waals surface area contributed by atoms with Crippen molar-refractivity contribution >= 4 is 31.9 Å². The quantitative estimate of drug-likeness (QED) is 0.718. The van der Waals surface area contributed by atoms with Crippen LogP contribution < -0.4 is 0 Å². The Bertz CT molecular complexity index is 281. The highest BCUT2D eigenvalue weighted by Gasteiger charge is 2.26. The molecule has 58 valence electrons. The van der Waals surface area contributed by atoms with Crippen LogP contribution in [0.2, 0.25) is 0 Å². The van der Waals surface area contributed by atoms with Crippen molar-refractivity contribution in [3.8, 4) is 0 Å². The van der Waals surface area contributed by atoms with Crippen LogP contribution in [-0.4, -0.2) is 6.61 Å². The first-order chi connectivity index (χ1) is 5.27. The predicted octanol–water partition coefficient (Wildman–Crippen LogP) is 3.28. The third-order valence-corrected chi connectivity index (χ3v) is 2.85. The van der Waals surface area contributed by atoms with Crippen molar-refractivity contribution in [2.24, 2.45) is 0 Å². The highest BCUT2D eigenvalue weighted by Crippen LogP contribution is 2.36. The van der Waals surface area contributed by atoms with E-state index in [1.54, 1.807) is 0 Å². The van der Waals surface area contributed by atoms with Gasteiger partial charge in [0.15, 0.2) is 0 Å². The van der Waals surface area contributed by atoms with E-state index in [2.05, 4.69) is 37.9 Å². The summed E-state index contributed by atoms with van der Waals surface area (Å²) in [7, 11) is 0. The van der Waals surface area contributed by atoms with E-state index in [9.17, 15) is 0 Å². The molecular formula is C8H6Br2O. The van der Waals surface area contributed by atoms with Gasteiger partial charge in [-0.25, -0.2) is 0 Å². The maximum Gasteiger partial charge on any atom is 0.107 e. The molecule has 0 aromatic heterocycles. The lowest BCUT2D eigenvalue weighted by molar-refractivity contribution is 0.415. The first kappa shape index (κ1) is 7.77. The summed E-state index contributed by atoms with van der Waals surface area (Å²) < 4.78 is 7.41. The summed E-state index contributed by atoms with van der Waals surface area (Å²) in [5, 5.41) is 0. The van der Waals surface area contributed by atoms with E-state index in [4.69, 9.17) is 4.74 Å². The fraction of sp³-hybridized carbons (Fsp3) is 0.250. The fourth-order valence-electron chi connectivity index (χ4n) is 0.989. The van der Waals surface area contributed by atoms with Gasteiger partial charge in [-0.2, -0.15) is 0 Å². The van der Waals surface area contributed by atoms with E-state index in [1.807, 2.05) is 12.1 Å². The van der Waals surface area contributed by atoms with Gasteiger partial charge in [-0.1, -0.05) is 31.9 Å². The van der Waals surface area contributed by atoms with Crippen molar-refractivity contribution in [1.82, 2.24) is 0 Å². The SMILES string of the molecule is Brc1ccc(Br)c([C@@H]2CO2)c1. The molecule has 0 spiro atoms. The van der Waals surface area contributed by atoms with Crippen LogP contribution in [-0.2, 0) is 4.74 Å². The molecule has 1 aliphatic rings. The topological polar surface area (TPSA) is 12.5 Å². The molecule has 1 atom stereocenters. The Hall–Kier alpha value is 0.140. The summed E-state index contributed by atoms with van der Waals surface area (Å²) in [4.78, 5) is 0.